The molecule has 0 bridgehead atoms. The molecule has 1 unspecified atom stereocenters. The van der Waals surface area contributed by atoms with Gasteiger partial charge in [-0.15, -0.1) is 11.3 Å². The summed E-state index contributed by atoms with van der Waals surface area (Å²) < 4.78 is 8.03. The highest BCUT2D eigenvalue weighted by molar-refractivity contribution is 7.15. The van der Waals surface area contributed by atoms with Crippen molar-refractivity contribution in [1.29, 1.82) is 0 Å². The van der Waals surface area contributed by atoms with Gasteiger partial charge in [0, 0.05) is 35.6 Å². The van der Waals surface area contributed by atoms with Gasteiger partial charge in [-0.1, -0.05) is 17.7 Å². The standard InChI is InChI=1S/C21H22ClN5OS/c1-14-20(27-7-8-29-21(27)23-14)12-26-6-5-15(11-26)19-10-17(24-25-19)13-28-18-4-2-3-16(22)9-18/h2-4,7-10,15H,5-6,11-13H2,1H3,(H,24,25). The number of aromatic amines is 1. The molecule has 0 saturated carbocycles. The molecule has 6 nitrogen and oxygen atoms in total. The van der Waals surface area contributed by atoms with E-state index in [9.17, 15) is 0 Å². The van der Waals surface area contributed by atoms with Gasteiger partial charge in [-0.05, 0) is 44.2 Å². The number of ether oxygens (including phenoxy) is 1. The van der Waals surface area contributed by atoms with E-state index in [-0.39, 0.29) is 0 Å². The number of likely N-dealkylation sites (tertiary alicyclic amines) is 1. The molecule has 29 heavy (non-hydrogen) atoms. The summed E-state index contributed by atoms with van der Waals surface area (Å²) in [5.74, 6) is 1.20. The topological polar surface area (TPSA) is 58.5 Å². The maximum atomic E-state index is 6.01. The van der Waals surface area contributed by atoms with Crippen molar-refractivity contribution in [3.05, 3.63) is 69.7 Å². The third-order valence-corrected chi connectivity index (χ3v) is 6.46. The van der Waals surface area contributed by atoms with Crippen LogP contribution in [-0.2, 0) is 13.2 Å². The molecule has 1 aliphatic heterocycles. The summed E-state index contributed by atoms with van der Waals surface area (Å²) in [5, 5.41) is 10.4. The first-order valence-electron chi connectivity index (χ1n) is 9.71. The first kappa shape index (κ1) is 18.7. The Bertz CT molecular complexity index is 1130. The predicted octanol–water partition coefficient (Wildman–Crippen LogP) is 4.65. The molecule has 1 N–H and O–H groups in total. The van der Waals surface area contributed by atoms with Gasteiger partial charge in [0.05, 0.1) is 22.8 Å². The third-order valence-electron chi connectivity index (χ3n) is 5.47. The molecular weight excluding hydrogens is 406 g/mol. The van der Waals surface area contributed by atoms with Crippen molar-refractivity contribution in [2.75, 3.05) is 13.1 Å². The molecule has 1 fully saturated rings. The first-order chi connectivity index (χ1) is 14.2. The average Bonchev–Trinajstić information content (AvgIpc) is 3.47. The lowest BCUT2D eigenvalue weighted by atomic mass is 10.1. The van der Waals surface area contributed by atoms with Crippen LogP contribution in [-0.4, -0.2) is 37.6 Å². The number of benzene rings is 1. The van der Waals surface area contributed by atoms with Crippen LogP contribution in [0.5, 0.6) is 5.75 Å². The molecule has 0 aliphatic carbocycles. The van der Waals surface area contributed by atoms with Gasteiger partial charge in [0.1, 0.15) is 12.4 Å². The van der Waals surface area contributed by atoms with Crippen molar-refractivity contribution in [3.8, 4) is 5.75 Å². The van der Waals surface area contributed by atoms with E-state index in [1.165, 1.54) is 5.69 Å². The van der Waals surface area contributed by atoms with Gasteiger partial charge >= 0.3 is 0 Å². The highest BCUT2D eigenvalue weighted by Crippen LogP contribution is 2.29. The number of aromatic nitrogens is 4. The molecule has 1 atom stereocenters. The van der Waals surface area contributed by atoms with Gasteiger partial charge in [0.2, 0.25) is 0 Å². The zero-order valence-electron chi connectivity index (χ0n) is 16.1. The summed E-state index contributed by atoms with van der Waals surface area (Å²) in [7, 11) is 0. The Morgan fingerprint density at radius 3 is 3.17 bits per heavy atom. The number of hydrogen-bond donors (Lipinski definition) is 1. The predicted molar refractivity (Wildman–Crippen MR) is 115 cm³/mol. The maximum absolute atomic E-state index is 6.01. The number of imidazole rings is 1. The monoisotopic (exact) mass is 427 g/mol. The van der Waals surface area contributed by atoms with Crippen LogP contribution in [0.25, 0.3) is 4.96 Å². The number of thiazole rings is 1. The lowest BCUT2D eigenvalue weighted by Crippen LogP contribution is -2.21. The van der Waals surface area contributed by atoms with E-state index in [1.54, 1.807) is 11.3 Å². The van der Waals surface area contributed by atoms with Crippen molar-refractivity contribution in [3.63, 3.8) is 0 Å². The van der Waals surface area contributed by atoms with E-state index in [4.69, 9.17) is 16.3 Å². The van der Waals surface area contributed by atoms with Crippen LogP contribution < -0.4 is 4.74 Å². The zero-order valence-corrected chi connectivity index (χ0v) is 17.7. The number of fused-ring (bicyclic) bond motifs is 1. The van der Waals surface area contributed by atoms with E-state index < -0.39 is 0 Å². The van der Waals surface area contributed by atoms with Crippen LogP contribution >= 0.6 is 22.9 Å². The minimum atomic E-state index is 0.442. The number of halogens is 1. The van der Waals surface area contributed by atoms with E-state index in [0.717, 1.165) is 53.8 Å². The van der Waals surface area contributed by atoms with Crippen molar-refractivity contribution in [2.24, 2.45) is 0 Å². The molecule has 1 aliphatic rings. The van der Waals surface area contributed by atoms with Gasteiger partial charge in [-0.3, -0.25) is 14.4 Å². The molecule has 0 spiro atoms. The number of aryl methyl sites for hydroxylation is 1. The van der Waals surface area contributed by atoms with Crippen LogP contribution in [0, 0.1) is 6.92 Å². The Morgan fingerprint density at radius 1 is 1.34 bits per heavy atom. The highest BCUT2D eigenvalue weighted by atomic mass is 35.5. The molecule has 0 radical (unpaired) electrons. The number of hydrogen-bond acceptors (Lipinski definition) is 5. The van der Waals surface area contributed by atoms with Crippen LogP contribution in [0.2, 0.25) is 5.02 Å². The van der Waals surface area contributed by atoms with Crippen LogP contribution in [0.4, 0.5) is 0 Å². The van der Waals surface area contributed by atoms with E-state index >= 15 is 0 Å². The SMILES string of the molecule is Cc1nc2sccn2c1CN1CCC(c2cc(COc3cccc(Cl)c3)[nH]n2)C1. The van der Waals surface area contributed by atoms with Crippen molar-refractivity contribution >= 4 is 27.9 Å². The quantitative estimate of drug-likeness (QED) is 0.486. The molecule has 3 aromatic heterocycles. The van der Waals surface area contributed by atoms with Gasteiger partial charge in [0.25, 0.3) is 0 Å². The molecule has 1 aromatic carbocycles. The lowest BCUT2D eigenvalue weighted by molar-refractivity contribution is 0.301. The first-order valence-corrected chi connectivity index (χ1v) is 11.0. The number of nitrogens with zero attached hydrogens (tertiary/aromatic N) is 4. The normalized spacial score (nSPS) is 17.4. The van der Waals surface area contributed by atoms with E-state index in [1.807, 2.05) is 24.3 Å². The Labute approximate surface area is 178 Å². The van der Waals surface area contributed by atoms with Gasteiger partial charge in [-0.25, -0.2) is 4.98 Å². The van der Waals surface area contributed by atoms with Crippen molar-refractivity contribution < 1.29 is 4.74 Å². The number of H-pyrrole nitrogens is 1. The largest absolute Gasteiger partial charge is 0.487 e. The smallest absolute Gasteiger partial charge is 0.194 e. The minimum Gasteiger partial charge on any atom is -0.487 e. The Hall–Kier alpha value is -2.35. The summed E-state index contributed by atoms with van der Waals surface area (Å²) in [6.45, 7) is 5.56. The molecule has 4 heterocycles. The molecule has 4 aromatic rings. The number of nitrogens with one attached hydrogen (secondary N) is 1. The highest BCUT2D eigenvalue weighted by Gasteiger charge is 2.27. The van der Waals surface area contributed by atoms with Crippen LogP contribution in [0.15, 0.2) is 41.9 Å². The minimum absolute atomic E-state index is 0.442. The Balaban J connectivity index is 1.20. The second kappa shape index (κ2) is 7.82. The van der Waals surface area contributed by atoms with Crippen molar-refractivity contribution in [2.45, 2.75) is 32.4 Å². The average molecular weight is 428 g/mol. The number of rotatable bonds is 6. The fourth-order valence-electron chi connectivity index (χ4n) is 3.94. The van der Waals surface area contributed by atoms with Crippen LogP contribution in [0.1, 0.15) is 35.1 Å². The van der Waals surface area contributed by atoms with Gasteiger partial charge in [-0.2, -0.15) is 5.10 Å². The molecule has 5 rings (SSSR count). The maximum Gasteiger partial charge on any atom is 0.194 e. The summed E-state index contributed by atoms with van der Waals surface area (Å²) in [4.78, 5) is 8.23. The molecular formula is C21H22ClN5OS. The van der Waals surface area contributed by atoms with Crippen LogP contribution in [0.3, 0.4) is 0 Å². The third kappa shape index (κ3) is 3.90. The fraction of sp³-hybridized carbons (Fsp3) is 0.333. The summed E-state index contributed by atoms with van der Waals surface area (Å²) in [6.07, 6.45) is 3.23. The van der Waals surface area contributed by atoms with E-state index in [0.29, 0.717) is 17.5 Å². The van der Waals surface area contributed by atoms with E-state index in [2.05, 4.69) is 49.0 Å². The second-order valence-electron chi connectivity index (χ2n) is 7.48. The Morgan fingerprint density at radius 2 is 2.28 bits per heavy atom. The van der Waals surface area contributed by atoms with Gasteiger partial charge < -0.3 is 4.74 Å². The molecule has 150 valence electrons. The van der Waals surface area contributed by atoms with Gasteiger partial charge in [0.15, 0.2) is 4.96 Å². The summed E-state index contributed by atoms with van der Waals surface area (Å²) in [5.41, 5.74) is 4.51. The van der Waals surface area contributed by atoms with Crippen molar-refractivity contribution in [1.82, 2.24) is 24.5 Å². The fourth-order valence-corrected chi connectivity index (χ4v) is 4.90. The second-order valence-corrected chi connectivity index (χ2v) is 8.79. The molecule has 8 heteroatoms. The zero-order chi connectivity index (χ0) is 19.8. The molecule has 0 amide bonds. The Kier molecular flexibility index (Phi) is 5.03. The molecule has 1 saturated heterocycles. The lowest BCUT2D eigenvalue weighted by Gasteiger charge is -2.15. The summed E-state index contributed by atoms with van der Waals surface area (Å²) >= 11 is 7.69. The summed E-state index contributed by atoms with van der Waals surface area (Å²) in [6, 6.07) is 9.57.